The second-order valence-electron chi connectivity index (χ2n) is 3.87. The lowest BCUT2D eigenvalue weighted by molar-refractivity contribution is -0.137. The Morgan fingerprint density at radius 1 is 1.69 bits per heavy atom. The van der Waals surface area contributed by atoms with Gasteiger partial charge in [-0.05, 0) is 13.3 Å². The normalized spacial score (nSPS) is 19.8. The van der Waals surface area contributed by atoms with E-state index in [0.29, 0.717) is 38.9 Å². The van der Waals surface area contributed by atoms with E-state index in [0.717, 1.165) is 0 Å². The highest BCUT2D eigenvalue weighted by molar-refractivity contribution is 5.83. The Morgan fingerprint density at radius 2 is 2.44 bits per heavy atom. The highest BCUT2D eigenvalue weighted by Crippen LogP contribution is 2.14. The summed E-state index contributed by atoms with van der Waals surface area (Å²) in [5.74, 6) is -0.0433. The van der Waals surface area contributed by atoms with Crippen molar-refractivity contribution < 1.29 is 9.59 Å². The number of amides is 2. The quantitative estimate of drug-likeness (QED) is 0.743. The van der Waals surface area contributed by atoms with Gasteiger partial charge < -0.3 is 10.2 Å². The maximum Gasteiger partial charge on any atom is 0.227 e. The lowest BCUT2D eigenvalue weighted by Crippen LogP contribution is -2.45. The summed E-state index contributed by atoms with van der Waals surface area (Å²) in [7, 11) is 0. The van der Waals surface area contributed by atoms with Crippen LogP contribution in [0.4, 0.5) is 0 Å². The second-order valence-corrected chi connectivity index (χ2v) is 3.87. The molecule has 0 aliphatic carbocycles. The van der Waals surface area contributed by atoms with Crippen LogP contribution in [0.5, 0.6) is 0 Å². The van der Waals surface area contributed by atoms with Crippen molar-refractivity contribution in [1.82, 2.24) is 10.2 Å². The molecule has 2 amide bonds. The number of nitriles is 1. The molecule has 5 heteroatoms. The highest BCUT2D eigenvalue weighted by Gasteiger charge is 2.27. The minimum absolute atomic E-state index is 0.0177. The minimum atomic E-state index is -0.114. The lowest BCUT2D eigenvalue weighted by atomic mass is 9.97. The molecule has 1 unspecified atom stereocenters. The predicted molar refractivity (Wildman–Crippen MR) is 58.2 cm³/mol. The molecule has 1 fully saturated rings. The van der Waals surface area contributed by atoms with Crippen LogP contribution in [0.15, 0.2) is 0 Å². The van der Waals surface area contributed by atoms with Gasteiger partial charge in [-0.3, -0.25) is 9.59 Å². The van der Waals surface area contributed by atoms with Crippen molar-refractivity contribution in [3.63, 3.8) is 0 Å². The van der Waals surface area contributed by atoms with Gasteiger partial charge in [-0.2, -0.15) is 5.26 Å². The van der Waals surface area contributed by atoms with Gasteiger partial charge in [0.15, 0.2) is 0 Å². The van der Waals surface area contributed by atoms with Gasteiger partial charge in [-0.25, -0.2) is 0 Å². The molecule has 16 heavy (non-hydrogen) atoms. The molecule has 0 radical (unpaired) electrons. The molecule has 88 valence electrons. The standard InChI is InChI=1S/C11H17N3O2/c1-2-14(7-3-6-12)11(16)9-4-5-10(15)13-8-9/h9H,2-5,7-8H2,1H3,(H,13,15). The fourth-order valence-corrected chi connectivity index (χ4v) is 1.81. The van der Waals surface area contributed by atoms with Crippen LogP contribution >= 0.6 is 0 Å². The summed E-state index contributed by atoms with van der Waals surface area (Å²) in [5, 5.41) is 11.2. The predicted octanol–water partition coefficient (Wildman–Crippen LogP) is 0.275. The molecular weight excluding hydrogens is 206 g/mol. The van der Waals surface area contributed by atoms with E-state index >= 15 is 0 Å². The van der Waals surface area contributed by atoms with Gasteiger partial charge in [0.1, 0.15) is 0 Å². The first-order valence-corrected chi connectivity index (χ1v) is 5.61. The molecule has 1 saturated heterocycles. The van der Waals surface area contributed by atoms with Gasteiger partial charge in [0.2, 0.25) is 11.8 Å². The summed E-state index contributed by atoms with van der Waals surface area (Å²) in [6.45, 7) is 3.43. The van der Waals surface area contributed by atoms with E-state index in [9.17, 15) is 9.59 Å². The number of carbonyl (C=O) groups excluding carboxylic acids is 2. The van der Waals surface area contributed by atoms with Crippen molar-refractivity contribution in [3.8, 4) is 6.07 Å². The first-order chi connectivity index (χ1) is 7.69. The zero-order chi connectivity index (χ0) is 12.0. The number of hydrogen-bond acceptors (Lipinski definition) is 3. The van der Waals surface area contributed by atoms with Crippen LogP contribution in [0.3, 0.4) is 0 Å². The van der Waals surface area contributed by atoms with Crippen LogP contribution in [0, 0.1) is 17.2 Å². The van der Waals surface area contributed by atoms with Crippen LogP contribution in [-0.2, 0) is 9.59 Å². The second kappa shape index (κ2) is 6.11. The van der Waals surface area contributed by atoms with Gasteiger partial charge in [-0.1, -0.05) is 0 Å². The van der Waals surface area contributed by atoms with E-state index in [1.54, 1.807) is 4.90 Å². The lowest BCUT2D eigenvalue weighted by Gasteiger charge is -2.28. The number of carbonyl (C=O) groups is 2. The molecule has 0 spiro atoms. The molecule has 1 rings (SSSR count). The molecule has 1 aliphatic rings. The maximum atomic E-state index is 12.0. The van der Waals surface area contributed by atoms with Gasteiger partial charge in [-0.15, -0.1) is 0 Å². The maximum absolute atomic E-state index is 12.0. The third-order valence-electron chi connectivity index (χ3n) is 2.80. The van der Waals surface area contributed by atoms with Crippen molar-refractivity contribution in [3.05, 3.63) is 0 Å². The molecule has 0 aromatic carbocycles. The van der Waals surface area contributed by atoms with E-state index in [-0.39, 0.29) is 17.7 Å². The van der Waals surface area contributed by atoms with Gasteiger partial charge in [0.05, 0.1) is 18.4 Å². The number of nitrogens with one attached hydrogen (secondary N) is 1. The molecule has 5 nitrogen and oxygen atoms in total. The Bertz CT molecular complexity index is 299. The molecule has 1 heterocycles. The first kappa shape index (κ1) is 12.5. The summed E-state index contributed by atoms with van der Waals surface area (Å²) in [5.41, 5.74) is 0. The molecule has 1 N–H and O–H groups in total. The number of rotatable bonds is 4. The van der Waals surface area contributed by atoms with Crippen molar-refractivity contribution >= 4 is 11.8 Å². The van der Waals surface area contributed by atoms with Crippen LogP contribution in [-0.4, -0.2) is 36.3 Å². The Hall–Kier alpha value is -1.57. The first-order valence-electron chi connectivity index (χ1n) is 5.61. The average molecular weight is 223 g/mol. The molecule has 0 saturated carbocycles. The smallest absolute Gasteiger partial charge is 0.227 e. The van der Waals surface area contributed by atoms with Crippen LogP contribution in [0.25, 0.3) is 0 Å². The fraction of sp³-hybridized carbons (Fsp3) is 0.727. The number of nitrogens with zero attached hydrogens (tertiary/aromatic N) is 2. The fourth-order valence-electron chi connectivity index (χ4n) is 1.81. The van der Waals surface area contributed by atoms with Gasteiger partial charge in [0.25, 0.3) is 0 Å². The van der Waals surface area contributed by atoms with E-state index < -0.39 is 0 Å². The molecule has 0 aromatic rings. The van der Waals surface area contributed by atoms with Crippen molar-refractivity contribution in [2.45, 2.75) is 26.2 Å². The minimum Gasteiger partial charge on any atom is -0.355 e. The van der Waals surface area contributed by atoms with Crippen molar-refractivity contribution in [2.75, 3.05) is 19.6 Å². The van der Waals surface area contributed by atoms with E-state index in [2.05, 4.69) is 5.32 Å². The monoisotopic (exact) mass is 223 g/mol. The molecule has 1 atom stereocenters. The van der Waals surface area contributed by atoms with Gasteiger partial charge >= 0.3 is 0 Å². The van der Waals surface area contributed by atoms with E-state index in [1.165, 1.54) is 0 Å². The summed E-state index contributed by atoms with van der Waals surface area (Å²) < 4.78 is 0. The Labute approximate surface area is 95.4 Å². The number of hydrogen-bond donors (Lipinski definition) is 1. The SMILES string of the molecule is CCN(CCC#N)C(=O)C1CCC(=O)NC1. The topological polar surface area (TPSA) is 73.2 Å². The van der Waals surface area contributed by atoms with Crippen LogP contribution in [0.2, 0.25) is 0 Å². The molecule has 0 bridgehead atoms. The molecular formula is C11H17N3O2. The van der Waals surface area contributed by atoms with Crippen LogP contribution in [0.1, 0.15) is 26.2 Å². The summed E-state index contributed by atoms with van der Waals surface area (Å²) in [4.78, 5) is 24.7. The van der Waals surface area contributed by atoms with Crippen molar-refractivity contribution in [2.24, 2.45) is 5.92 Å². The molecule has 0 aromatic heterocycles. The Morgan fingerprint density at radius 3 is 2.94 bits per heavy atom. The summed E-state index contributed by atoms with van der Waals surface area (Å²) in [6, 6.07) is 2.03. The largest absolute Gasteiger partial charge is 0.355 e. The average Bonchev–Trinajstić information content (AvgIpc) is 2.30. The Balaban J connectivity index is 2.48. The third-order valence-corrected chi connectivity index (χ3v) is 2.80. The van der Waals surface area contributed by atoms with E-state index in [4.69, 9.17) is 5.26 Å². The third kappa shape index (κ3) is 3.23. The highest BCUT2D eigenvalue weighted by atomic mass is 16.2. The molecule has 1 aliphatic heterocycles. The zero-order valence-corrected chi connectivity index (χ0v) is 9.53. The van der Waals surface area contributed by atoms with E-state index in [1.807, 2.05) is 13.0 Å². The van der Waals surface area contributed by atoms with Gasteiger partial charge in [0, 0.05) is 26.1 Å². The van der Waals surface area contributed by atoms with Crippen LogP contribution < -0.4 is 5.32 Å². The summed E-state index contributed by atoms with van der Waals surface area (Å²) in [6.07, 6.45) is 1.40. The summed E-state index contributed by atoms with van der Waals surface area (Å²) >= 11 is 0. The Kier molecular flexibility index (Phi) is 4.77. The zero-order valence-electron chi connectivity index (χ0n) is 9.53. The number of piperidine rings is 1. The van der Waals surface area contributed by atoms with Crippen molar-refractivity contribution in [1.29, 1.82) is 5.26 Å².